The first-order chi connectivity index (χ1) is 12.6. The predicted molar refractivity (Wildman–Crippen MR) is 88.4 cm³/mol. The molecule has 5 N–H and O–H groups in total. The van der Waals surface area contributed by atoms with Gasteiger partial charge in [0, 0.05) is 24.5 Å². The maximum Gasteiger partial charge on any atom is 0.339 e. The van der Waals surface area contributed by atoms with Gasteiger partial charge in [0.2, 0.25) is 11.3 Å². The molecule has 1 aromatic rings. The van der Waals surface area contributed by atoms with E-state index in [1.54, 1.807) is 4.72 Å². The number of carbonyl (C=O) groups is 3. The molecule has 0 aromatic carbocycles. The molecule has 0 spiro atoms. The molecule has 14 heteroatoms. The van der Waals surface area contributed by atoms with Crippen molar-refractivity contribution in [3.63, 3.8) is 0 Å². The zero-order valence-electron chi connectivity index (χ0n) is 13.8. The first-order valence-corrected chi connectivity index (χ1v) is 9.15. The van der Waals surface area contributed by atoms with Gasteiger partial charge in [-0.2, -0.15) is 8.42 Å². The Morgan fingerprint density at radius 1 is 1.33 bits per heavy atom. The zero-order valence-corrected chi connectivity index (χ0v) is 14.6. The van der Waals surface area contributed by atoms with Crippen LogP contribution < -0.4 is 15.9 Å². The number of urea groups is 2. The number of nitrogens with one attached hydrogen (secondary N) is 2. The van der Waals surface area contributed by atoms with E-state index in [0.717, 1.165) is 17.2 Å². The van der Waals surface area contributed by atoms with Crippen LogP contribution in [0.25, 0.3) is 0 Å². The quantitative estimate of drug-likeness (QED) is 0.397. The average Bonchev–Trinajstić information content (AvgIpc) is 2.96. The van der Waals surface area contributed by atoms with Crippen LogP contribution in [0.2, 0.25) is 0 Å². The van der Waals surface area contributed by atoms with Crippen LogP contribution in [0, 0.1) is 0 Å². The van der Waals surface area contributed by atoms with Gasteiger partial charge in [0.05, 0.1) is 19.6 Å². The number of pyridine rings is 1. The van der Waals surface area contributed by atoms with Crippen molar-refractivity contribution < 1.29 is 27.9 Å². The molecule has 2 aliphatic heterocycles. The van der Waals surface area contributed by atoms with Gasteiger partial charge in [0.15, 0.2) is 5.75 Å². The molecule has 0 unspecified atom stereocenters. The standard InChI is InChI=1S/C13H16N6O7S/c14-8-6-18(11(8)22)12(23)16-27(25,26)19-2-1-17(13(19)24)5-7-3-9(20)10(21)4-15-7/h3-4,8,21H,1-2,5-6,14H2,(H,15,20)(H,16,23)/t8-/m0/s1. The molecule has 27 heavy (non-hydrogen) atoms. The molecule has 2 fully saturated rings. The molecule has 2 aliphatic rings. The topological polar surface area (TPSA) is 186 Å². The summed E-state index contributed by atoms with van der Waals surface area (Å²) in [6.07, 6.45) is 1.06. The summed E-state index contributed by atoms with van der Waals surface area (Å²) < 4.78 is 26.6. The van der Waals surface area contributed by atoms with E-state index in [4.69, 9.17) is 5.73 Å². The number of carbonyl (C=O) groups excluding carboxylic acids is 3. The maximum atomic E-state index is 12.3. The van der Waals surface area contributed by atoms with Crippen molar-refractivity contribution in [1.29, 1.82) is 0 Å². The molecule has 3 heterocycles. The second kappa shape index (κ2) is 6.55. The molecule has 1 aromatic heterocycles. The highest BCUT2D eigenvalue weighted by atomic mass is 32.2. The number of likely N-dealkylation sites (tertiary alicyclic amines) is 1. The van der Waals surface area contributed by atoms with Crippen LogP contribution in [0.3, 0.4) is 0 Å². The molecular weight excluding hydrogens is 384 g/mol. The van der Waals surface area contributed by atoms with Crippen molar-refractivity contribution in [2.75, 3.05) is 19.6 Å². The molecule has 146 valence electrons. The smallest absolute Gasteiger partial charge is 0.339 e. The number of imide groups is 1. The predicted octanol–water partition coefficient (Wildman–Crippen LogP) is -2.56. The molecule has 0 bridgehead atoms. The van der Waals surface area contributed by atoms with E-state index in [1.807, 2.05) is 0 Å². The molecule has 1 atom stereocenters. The summed E-state index contributed by atoms with van der Waals surface area (Å²) in [4.78, 5) is 51.4. The SMILES string of the molecule is N[C@H]1CN(C(=O)NS(=O)(=O)N2CCN(Cc3cc(=O)c(O)c[nH]3)C2=O)C1=O. The highest BCUT2D eigenvalue weighted by Gasteiger charge is 2.43. The van der Waals surface area contributed by atoms with Gasteiger partial charge in [0.25, 0.3) is 0 Å². The van der Waals surface area contributed by atoms with E-state index in [2.05, 4.69) is 4.98 Å². The minimum Gasteiger partial charge on any atom is -0.503 e. The summed E-state index contributed by atoms with van der Waals surface area (Å²) in [7, 11) is -4.51. The Labute approximate surface area is 152 Å². The molecule has 0 aliphatic carbocycles. The fourth-order valence-corrected chi connectivity index (χ4v) is 3.67. The van der Waals surface area contributed by atoms with E-state index in [1.165, 1.54) is 0 Å². The Bertz CT molecular complexity index is 974. The van der Waals surface area contributed by atoms with Crippen LogP contribution in [0.4, 0.5) is 9.59 Å². The number of rotatable bonds is 4. The Morgan fingerprint density at radius 2 is 2.04 bits per heavy atom. The highest BCUT2D eigenvalue weighted by Crippen LogP contribution is 2.16. The van der Waals surface area contributed by atoms with Crippen molar-refractivity contribution in [2.45, 2.75) is 12.6 Å². The van der Waals surface area contributed by atoms with Gasteiger partial charge in [-0.05, 0) is 0 Å². The minimum absolute atomic E-state index is 0.0182. The normalized spacial score (nSPS) is 20.0. The van der Waals surface area contributed by atoms with Crippen LogP contribution in [0.15, 0.2) is 17.1 Å². The lowest BCUT2D eigenvalue weighted by molar-refractivity contribution is -0.137. The summed E-state index contributed by atoms with van der Waals surface area (Å²) in [5.41, 5.74) is 4.97. The van der Waals surface area contributed by atoms with E-state index >= 15 is 0 Å². The number of aromatic amines is 1. The fraction of sp³-hybridized carbons (Fsp3) is 0.385. The third-order valence-electron chi connectivity index (χ3n) is 4.08. The van der Waals surface area contributed by atoms with Gasteiger partial charge in [0.1, 0.15) is 6.04 Å². The van der Waals surface area contributed by atoms with Crippen molar-refractivity contribution >= 4 is 28.2 Å². The van der Waals surface area contributed by atoms with Gasteiger partial charge in [-0.15, -0.1) is 0 Å². The van der Waals surface area contributed by atoms with Crippen molar-refractivity contribution in [2.24, 2.45) is 5.73 Å². The summed E-state index contributed by atoms with van der Waals surface area (Å²) >= 11 is 0. The van der Waals surface area contributed by atoms with Crippen LogP contribution in [0.5, 0.6) is 5.75 Å². The monoisotopic (exact) mass is 400 g/mol. The van der Waals surface area contributed by atoms with Gasteiger partial charge in [-0.3, -0.25) is 14.5 Å². The van der Waals surface area contributed by atoms with E-state index in [-0.39, 0.29) is 31.9 Å². The third-order valence-corrected chi connectivity index (χ3v) is 5.44. The lowest BCUT2D eigenvalue weighted by atomic mass is 10.1. The first kappa shape index (κ1) is 18.7. The lowest BCUT2D eigenvalue weighted by Gasteiger charge is -2.34. The number of nitrogens with zero attached hydrogens (tertiary/aromatic N) is 3. The third kappa shape index (κ3) is 3.43. The summed E-state index contributed by atoms with van der Waals surface area (Å²) in [5, 5.41) is 9.21. The largest absolute Gasteiger partial charge is 0.503 e. The molecule has 2 saturated heterocycles. The van der Waals surface area contributed by atoms with E-state index in [0.29, 0.717) is 9.21 Å². The van der Waals surface area contributed by atoms with Gasteiger partial charge in [-0.25, -0.2) is 18.6 Å². The summed E-state index contributed by atoms with van der Waals surface area (Å²) in [6.45, 7) is -0.427. The summed E-state index contributed by atoms with van der Waals surface area (Å²) in [5.74, 6) is -1.20. The maximum absolute atomic E-state index is 12.3. The molecular formula is C13H16N6O7S. The number of hydrogen-bond acceptors (Lipinski definition) is 8. The van der Waals surface area contributed by atoms with Crippen LogP contribution >= 0.6 is 0 Å². The van der Waals surface area contributed by atoms with Crippen molar-refractivity contribution in [3.8, 4) is 5.75 Å². The van der Waals surface area contributed by atoms with Crippen LogP contribution in [0.1, 0.15) is 5.69 Å². The molecule has 13 nitrogen and oxygen atoms in total. The van der Waals surface area contributed by atoms with Crippen molar-refractivity contribution in [3.05, 3.63) is 28.2 Å². The number of aromatic nitrogens is 1. The second-order valence-electron chi connectivity index (χ2n) is 5.95. The van der Waals surface area contributed by atoms with E-state index < -0.39 is 45.4 Å². The number of hydrogen-bond donors (Lipinski definition) is 4. The zero-order chi connectivity index (χ0) is 19.9. The Morgan fingerprint density at radius 3 is 2.63 bits per heavy atom. The summed E-state index contributed by atoms with van der Waals surface area (Å²) in [6, 6.07) is -1.86. The molecule has 0 saturated carbocycles. The van der Waals surface area contributed by atoms with Crippen LogP contribution in [-0.4, -0.2) is 76.3 Å². The van der Waals surface area contributed by atoms with Gasteiger partial charge in [-0.1, -0.05) is 0 Å². The van der Waals surface area contributed by atoms with Crippen LogP contribution in [-0.2, 0) is 21.5 Å². The number of nitrogens with two attached hydrogens (primary N) is 1. The number of aromatic hydroxyl groups is 1. The van der Waals surface area contributed by atoms with Gasteiger partial charge >= 0.3 is 22.3 Å². The first-order valence-electron chi connectivity index (χ1n) is 7.71. The minimum atomic E-state index is -4.51. The molecule has 0 radical (unpaired) electrons. The highest BCUT2D eigenvalue weighted by molar-refractivity contribution is 7.88. The number of amides is 5. The average molecular weight is 400 g/mol. The Balaban J connectivity index is 1.66. The Kier molecular flexibility index (Phi) is 4.52. The Hall–Kier alpha value is -3.13. The van der Waals surface area contributed by atoms with Crippen molar-refractivity contribution in [1.82, 2.24) is 23.8 Å². The number of β-lactam (4-membered cyclic amide) rings is 1. The molecule has 3 rings (SSSR count). The van der Waals surface area contributed by atoms with Gasteiger partial charge < -0.3 is 20.7 Å². The number of H-pyrrole nitrogens is 1. The van der Waals surface area contributed by atoms with E-state index in [9.17, 15) is 32.7 Å². The second-order valence-corrected chi connectivity index (χ2v) is 7.55. The fourth-order valence-electron chi connectivity index (χ4n) is 2.59. The molecule has 5 amide bonds. The lowest BCUT2D eigenvalue weighted by Crippen LogP contribution is -2.65.